The number of esters is 1. The molecule has 3 heterocycles. The van der Waals surface area contributed by atoms with Crippen molar-refractivity contribution in [2.75, 3.05) is 6.54 Å². The Morgan fingerprint density at radius 1 is 0.853 bits per heavy atom. The summed E-state index contributed by atoms with van der Waals surface area (Å²) in [6, 6.07) is -1.18. The summed E-state index contributed by atoms with van der Waals surface area (Å²) in [7, 11) is 0. The van der Waals surface area contributed by atoms with Crippen LogP contribution in [0.15, 0.2) is 0 Å². The number of primary amides is 1. The minimum atomic E-state index is -1.98. The largest absolute Gasteiger partial charge is 0.458 e. The molecule has 0 aromatic heterocycles. The molecule has 4 N–H and O–H groups in total. The summed E-state index contributed by atoms with van der Waals surface area (Å²) in [6.45, 7) is 10.9. The Labute approximate surface area is 201 Å². The van der Waals surface area contributed by atoms with E-state index in [-0.39, 0.29) is 12.1 Å². The van der Waals surface area contributed by atoms with Crippen LogP contribution in [0.25, 0.3) is 0 Å². The number of piperidine rings is 1. The van der Waals surface area contributed by atoms with E-state index in [1.807, 2.05) is 20.8 Å². The van der Waals surface area contributed by atoms with Gasteiger partial charge in [-0.05, 0) is 80.1 Å². The molecule has 0 aromatic carbocycles. The number of carbonyl (C=O) groups excluding carboxylic acids is 4. The third-order valence-electron chi connectivity index (χ3n) is 6.91. The SMILES string of the molecule is CC(C)(C)OC(=O)N1C2CCC1CC([C@@](N)(C(=O)OC(C)(C)C)C(=O)N1CCC[C@H]1C(N)=O)C2. The summed E-state index contributed by atoms with van der Waals surface area (Å²) < 4.78 is 11.2. The molecular formula is C24H40N4O6. The number of nitrogens with two attached hydrogens (primary N) is 2. The second kappa shape index (κ2) is 9.02. The smallest absolute Gasteiger partial charge is 0.410 e. The van der Waals surface area contributed by atoms with Crippen LogP contribution in [-0.4, -0.2) is 75.1 Å². The number of amides is 3. The van der Waals surface area contributed by atoms with Crippen LogP contribution < -0.4 is 11.5 Å². The first-order valence-electron chi connectivity index (χ1n) is 12.2. The highest BCUT2D eigenvalue weighted by Crippen LogP contribution is 2.44. The van der Waals surface area contributed by atoms with E-state index < -0.39 is 52.6 Å². The normalized spacial score (nSPS) is 28.9. The van der Waals surface area contributed by atoms with Gasteiger partial charge in [0.1, 0.15) is 17.2 Å². The Hall–Kier alpha value is -2.36. The lowest BCUT2D eigenvalue weighted by atomic mass is 9.74. The summed E-state index contributed by atoms with van der Waals surface area (Å²) in [5.74, 6) is -2.61. The van der Waals surface area contributed by atoms with Crippen molar-refractivity contribution in [1.29, 1.82) is 0 Å². The second-order valence-electron chi connectivity index (χ2n) is 11.9. The van der Waals surface area contributed by atoms with Gasteiger partial charge in [0.05, 0.1) is 0 Å². The zero-order valence-electron chi connectivity index (χ0n) is 21.3. The van der Waals surface area contributed by atoms with E-state index in [1.165, 1.54) is 4.90 Å². The van der Waals surface area contributed by atoms with Crippen LogP contribution in [0.4, 0.5) is 4.79 Å². The molecular weight excluding hydrogens is 440 g/mol. The van der Waals surface area contributed by atoms with E-state index in [9.17, 15) is 19.2 Å². The maximum Gasteiger partial charge on any atom is 0.410 e. The predicted octanol–water partition coefficient (Wildman–Crippen LogP) is 1.68. The van der Waals surface area contributed by atoms with Crippen molar-refractivity contribution >= 4 is 23.9 Å². The predicted molar refractivity (Wildman–Crippen MR) is 124 cm³/mol. The molecule has 10 heteroatoms. The summed E-state index contributed by atoms with van der Waals surface area (Å²) in [5, 5.41) is 0. The third-order valence-corrected chi connectivity index (χ3v) is 6.91. The molecule has 0 aromatic rings. The second-order valence-corrected chi connectivity index (χ2v) is 11.9. The molecule has 0 saturated carbocycles. The molecule has 3 aliphatic heterocycles. The lowest BCUT2D eigenvalue weighted by molar-refractivity contribution is -0.172. The number of likely N-dealkylation sites (tertiary alicyclic amines) is 1. The molecule has 2 bridgehead atoms. The molecule has 4 atom stereocenters. The molecule has 2 unspecified atom stereocenters. The molecule has 3 rings (SSSR count). The lowest BCUT2D eigenvalue weighted by Gasteiger charge is -2.45. The molecule has 3 amide bonds. The number of carbonyl (C=O) groups is 4. The highest BCUT2D eigenvalue weighted by atomic mass is 16.6. The summed E-state index contributed by atoms with van der Waals surface area (Å²) >= 11 is 0. The Morgan fingerprint density at radius 3 is 1.85 bits per heavy atom. The van der Waals surface area contributed by atoms with Crippen LogP contribution in [0.3, 0.4) is 0 Å². The third kappa shape index (κ3) is 5.16. The first kappa shape index (κ1) is 26.2. The van der Waals surface area contributed by atoms with Gasteiger partial charge in [-0.15, -0.1) is 0 Å². The van der Waals surface area contributed by atoms with Gasteiger partial charge in [0.25, 0.3) is 5.91 Å². The van der Waals surface area contributed by atoms with Crippen LogP contribution in [0.1, 0.15) is 80.1 Å². The average molecular weight is 481 g/mol. The molecule has 0 spiro atoms. The van der Waals surface area contributed by atoms with Crippen molar-refractivity contribution in [3.8, 4) is 0 Å². The fourth-order valence-corrected chi connectivity index (χ4v) is 5.50. The Bertz CT molecular complexity index is 833. The monoisotopic (exact) mass is 480 g/mol. The average Bonchev–Trinajstić information content (AvgIpc) is 3.26. The Balaban J connectivity index is 1.91. The molecule has 3 fully saturated rings. The zero-order valence-corrected chi connectivity index (χ0v) is 21.3. The van der Waals surface area contributed by atoms with Crippen LogP contribution in [-0.2, 0) is 23.9 Å². The molecule has 0 radical (unpaired) electrons. The number of hydrogen-bond donors (Lipinski definition) is 2. The quantitative estimate of drug-likeness (QED) is 0.460. The van der Waals surface area contributed by atoms with Gasteiger partial charge in [-0.25, -0.2) is 9.59 Å². The van der Waals surface area contributed by atoms with Crippen LogP contribution >= 0.6 is 0 Å². The van der Waals surface area contributed by atoms with Gasteiger partial charge in [-0.3, -0.25) is 9.59 Å². The van der Waals surface area contributed by atoms with E-state index in [0.29, 0.717) is 32.2 Å². The minimum Gasteiger partial charge on any atom is -0.458 e. The molecule has 192 valence electrons. The molecule has 10 nitrogen and oxygen atoms in total. The lowest BCUT2D eigenvalue weighted by Crippen LogP contribution is -2.69. The number of fused-ring (bicyclic) bond motifs is 2. The van der Waals surface area contributed by atoms with Crippen LogP contribution in [0.2, 0.25) is 0 Å². The molecule has 3 saturated heterocycles. The number of rotatable bonds is 4. The highest BCUT2D eigenvalue weighted by Gasteiger charge is 2.59. The Kier molecular flexibility index (Phi) is 6.96. The van der Waals surface area contributed by atoms with Gasteiger partial charge < -0.3 is 30.7 Å². The number of nitrogens with zero attached hydrogens (tertiary/aromatic N) is 2. The van der Waals surface area contributed by atoms with Crippen LogP contribution in [0.5, 0.6) is 0 Å². The summed E-state index contributed by atoms with van der Waals surface area (Å²) in [5.41, 5.74) is 8.80. The van der Waals surface area contributed by atoms with Gasteiger partial charge in [0.2, 0.25) is 5.91 Å². The topological polar surface area (TPSA) is 145 Å². The molecule has 34 heavy (non-hydrogen) atoms. The maximum absolute atomic E-state index is 13.8. The first-order valence-corrected chi connectivity index (χ1v) is 12.2. The zero-order chi connectivity index (χ0) is 25.6. The van der Waals surface area contributed by atoms with Gasteiger partial charge in [0, 0.05) is 24.5 Å². The number of hydrogen-bond acceptors (Lipinski definition) is 7. The maximum atomic E-state index is 13.8. The van der Waals surface area contributed by atoms with Crippen molar-refractivity contribution in [3.63, 3.8) is 0 Å². The number of ether oxygens (including phenoxy) is 2. The van der Waals surface area contributed by atoms with Gasteiger partial charge >= 0.3 is 12.1 Å². The van der Waals surface area contributed by atoms with E-state index in [1.54, 1.807) is 25.7 Å². The summed E-state index contributed by atoms with van der Waals surface area (Å²) in [6.07, 6.45) is 2.87. The minimum absolute atomic E-state index is 0.192. The molecule has 3 aliphatic rings. The van der Waals surface area contributed by atoms with E-state index in [4.69, 9.17) is 20.9 Å². The van der Waals surface area contributed by atoms with E-state index in [2.05, 4.69) is 0 Å². The van der Waals surface area contributed by atoms with Crippen LogP contribution in [0, 0.1) is 5.92 Å². The highest BCUT2D eigenvalue weighted by molar-refractivity contribution is 6.09. The van der Waals surface area contributed by atoms with Crippen molar-refractivity contribution in [2.45, 2.75) is 115 Å². The fourth-order valence-electron chi connectivity index (χ4n) is 5.50. The van der Waals surface area contributed by atoms with Gasteiger partial charge in [-0.1, -0.05) is 0 Å². The first-order chi connectivity index (χ1) is 15.5. The van der Waals surface area contributed by atoms with E-state index in [0.717, 1.165) is 12.8 Å². The Morgan fingerprint density at radius 2 is 1.38 bits per heavy atom. The van der Waals surface area contributed by atoms with Crippen molar-refractivity contribution in [2.24, 2.45) is 17.4 Å². The van der Waals surface area contributed by atoms with Gasteiger partial charge in [-0.2, -0.15) is 0 Å². The van der Waals surface area contributed by atoms with E-state index >= 15 is 0 Å². The molecule has 0 aliphatic carbocycles. The van der Waals surface area contributed by atoms with Crippen molar-refractivity contribution in [1.82, 2.24) is 9.80 Å². The van der Waals surface area contributed by atoms with Gasteiger partial charge in [0.15, 0.2) is 5.54 Å². The standard InChI is InChI=1S/C24H40N4O6/c1-22(2,3)33-20(31)24(26,19(30)27-11-7-8-17(27)18(25)29)14-12-15-9-10-16(13-14)28(15)21(32)34-23(4,5)6/h14-17H,7-13,26H2,1-6H3,(H2,25,29)/t14?,15?,16?,17-,24-/m0/s1. The fraction of sp³-hybridized carbons (Fsp3) is 0.833. The summed E-state index contributed by atoms with van der Waals surface area (Å²) in [4.78, 5) is 55.2. The van der Waals surface area contributed by atoms with Crippen molar-refractivity contribution in [3.05, 3.63) is 0 Å². The van der Waals surface area contributed by atoms with Crippen molar-refractivity contribution < 1.29 is 28.7 Å².